The lowest BCUT2D eigenvalue weighted by Crippen LogP contribution is -2.43. The van der Waals surface area contributed by atoms with Gasteiger partial charge in [0.25, 0.3) is 0 Å². The average molecular weight is 211 g/mol. The Balaban J connectivity index is 4.46. The molecule has 0 aliphatic rings. The minimum Gasteiger partial charge on any atom is -0.396 e. The van der Waals surface area contributed by atoms with Gasteiger partial charge in [-0.15, -0.1) is 0 Å². The number of nitrogens with zero attached hydrogens (tertiary/aromatic N) is 1. The van der Waals surface area contributed by atoms with Gasteiger partial charge in [-0.1, -0.05) is 26.8 Å². The second-order valence-electron chi connectivity index (χ2n) is 5.10. The van der Waals surface area contributed by atoms with Crippen molar-refractivity contribution in [1.82, 2.24) is 5.32 Å². The van der Waals surface area contributed by atoms with Gasteiger partial charge in [0.1, 0.15) is 5.84 Å². The van der Waals surface area contributed by atoms with E-state index >= 15 is 0 Å². The Hall–Kier alpha value is -0.990. The normalized spacial score (nSPS) is 14.9. The highest BCUT2D eigenvalue weighted by Crippen LogP contribution is 2.04. The first-order chi connectivity index (χ1) is 6.76. The van der Waals surface area contributed by atoms with Crippen molar-refractivity contribution in [2.24, 2.45) is 16.6 Å². The Morgan fingerprint density at radius 2 is 2.00 bits per heavy atom. The minimum atomic E-state index is -0.0312. The maximum Gasteiger partial charge on any atom is 0.144 e. The first-order valence-electron chi connectivity index (χ1n) is 5.53. The maximum absolute atomic E-state index is 5.68. The van der Waals surface area contributed by atoms with Crippen LogP contribution in [0.3, 0.4) is 0 Å². The van der Waals surface area contributed by atoms with Crippen LogP contribution < -0.4 is 11.1 Å². The van der Waals surface area contributed by atoms with Gasteiger partial charge >= 0.3 is 0 Å². The van der Waals surface area contributed by atoms with Gasteiger partial charge in [-0.05, 0) is 26.7 Å². The second kappa shape index (κ2) is 5.79. The Bertz CT molecular complexity index is 236. The molecule has 0 heterocycles. The first kappa shape index (κ1) is 14.0. The number of aliphatic imine (C=N–C) groups is 1. The molecule has 0 aromatic heterocycles. The summed E-state index contributed by atoms with van der Waals surface area (Å²) in [7, 11) is 0. The molecule has 0 spiro atoms. The molecular formula is C12H25N3. The third kappa shape index (κ3) is 7.00. The highest BCUT2D eigenvalue weighted by atomic mass is 15.1. The molecule has 1 unspecified atom stereocenters. The van der Waals surface area contributed by atoms with E-state index in [2.05, 4.69) is 51.5 Å². The van der Waals surface area contributed by atoms with Crippen LogP contribution in [0.15, 0.2) is 17.3 Å². The zero-order valence-corrected chi connectivity index (χ0v) is 10.7. The fourth-order valence-corrected chi connectivity index (χ4v) is 0.953. The number of hydrogen-bond donors (Lipinski definition) is 2. The molecule has 0 aromatic rings. The van der Waals surface area contributed by atoms with Crippen molar-refractivity contribution in [2.45, 2.75) is 46.6 Å². The molecule has 0 saturated carbocycles. The highest BCUT2D eigenvalue weighted by Gasteiger charge is 2.13. The molecule has 0 aromatic carbocycles. The summed E-state index contributed by atoms with van der Waals surface area (Å²) in [5.74, 6) is 1.31. The lowest BCUT2D eigenvalue weighted by molar-refractivity contribution is 0.506. The molecule has 0 bridgehead atoms. The molecule has 0 fully saturated rings. The minimum absolute atomic E-state index is 0.0312. The number of nitrogens with one attached hydrogen (secondary N) is 1. The van der Waals surface area contributed by atoms with Gasteiger partial charge < -0.3 is 11.1 Å². The van der Waals surface area contributed by atoms with Gasteiger partial charge in [-0.3, -0.25) is 4.99 Å². The van der Waals surface area contributed by atoms with Crippen molar-refractivity contribution in [3.8, 4) is 0 Å². The summed E-state index contributed by atoms with van der Waals surface area (Å²) in [5.41, 5.74) is 6.16. The quantitative estimate of drug-likeness (QED) is 0.554. The molecule has 3 heteroatoms. The van der Waals surface area contributed by atoms with E-state index in [1.807, 2.05) is 0 Å². The van der Waals surface area contributed by atoms with Crippen molar-refractivity contribution in [3.05, 3.63) is 12.3 Å². The summed E-state index contributed by atoms with van der Waals surface area (Å²) in [6, 6.07) is 0. The van der Waals surface area contributed by atoms with E-state index < -0.39 is 0 Å². The first-order valence-corrected chi connectivity index (χ1v) is 5.53. The summed E-state index contributed by atoms with van der Waals surface area (Å²) in [6.45, 7) is 15.1. The average Bonchev–Trinajstić information content (AvgIpc) is 2.09. The second-order valence-corrected chi connectivity index (χ2v) is 5.10. The molecule has 0 aliphatic carbocycles. The Kier molecular flexibility index (Phi) is 5.40. The zero-order valence-electron chi connectivity index (χ0n) is 10.7. The Morgan fingerprint density at radius 1 is 1.47 bits per heavy atom. The number of amidine groups is 1. The van der Waals surface area contributed by atoms with Gasteiger partial charge in [0.15, 0.2) is 0 Å². The van der Waals surface area contributed by atoms with E-state index in [0.29, 0.717) is 11.6 Å². The molecule has 1 atom stereocenters. The van der Waals surface area contributed by atoms with E-state index in [1.165, 1.54) is 0 Å². The van der Waals surface area contributed by atoms with Gasteiger partial charge in [-0.25, -0.2) is 0 Å². The van der Waals surface area contributed by atoms with Crippen LogP contribution in [0.4, 0.5) is 0 Å². The molecule has 0 aliphatic heterocycles. The lowest BCUT2D eigenvalue weighted by Gasteiger charge is -2.23. The fourth-order valence-electron chi connectivity index (χ4n) is 0.953. The predicted molar refractivity (Wildman–Crippen MR) is 68.0 cm³/mol. The fraction of sp³-hybridized carbons (Fsp3) is 0.750. The SMILES string of the molecule is C=C(N)/C(=N\CC(C)CC)NC(C)(C)C. The van der Waals surface area contributed by atoms with Crippen LogP contribution >= 0.6 is 0 Å². The third-order valence-corrected chi connectivity index (χ3v) is 2.06. The molecule has 0 saturated heterocycles. The maximum atomic E-state index is 5.68. The molecule has 3 nitrogen and oxygen atoms in total. The Labute approximate surface area is 93.8 Å². The summed E-state index contributed by atoms with van der Waals surface area (Å²) in [4.78, 5) is 4.46. The third-order valence-electron chi connectivity index (χ3n) is 2.06. The van der Waals surface area contributed by atoms with Gasteiger partial charge in [0, 0.05) is 12.1 Å². The Morgan fingerprint density at radius 3 is 2.33 bits per heavy atom. The molecule has 0 rings (SSSR count). The van der Waals surface area contributed by atoms with Crippen LogP contribution in [0.1, 0.15) is 41.0 Å². The van der Waals surface area contributed by atoms with E-state index in [9.17, 15) is 0 Å². The highest BCUT2D eigenvalue weighted by molar-refractivity contribution is 5.97. The predicted octanol–water partition coefficient (Wildman–Crippen LogP) is 2.29. The van der Waals surface area contributed by atoms with E-state index in [-0.39, 0.29) is 5.54 Å². The topological polar surface area (TPSA) is 50.4 Å². The molecular weight excluding hydrogens is 186 g/mol. The van der Waals surface area contributed by atoms with Crippen molar-refractivity contribution in [2.75, 3.05) is 6.54 Å². The summed E-state index contributed by atoms with van der Waals surface area (Å²) in [5, 5.41) is 3.26. The van der Waals surface area contributed by atoms with Gasteiger partial charge in [0.2, 0.25) is 0 Å². The molecule has 0 radical (unpaired) electrons. The van der Waals surface area contributed by atoms with E-state index in [1.54, 1.807) is 0 Å². The monoisotopic (exact) mass is 211 g/mol. The lowest BCUT2D eigenvalue weighted by atomic mass is 10.1. The number of nitrogens with two attached hydrogens (primary N) is 1. The van der Waals surface area contributed by atoms with Crippen LogP contribution in [0.5, 0.6) is 0 Å². The number of rotatable bonds is 4. The van der Waals surface area contributed by atoms with Gasteiger partial charge in [0.05, 0.1) is 5.70 Å². The van der Waals surface area contributed by atoms with E-state index in [0.717, 1.165) is 18.8 Å². The molecule has 15 heavy (non-hydrogen) atoms. The zero-order chi connectivity index (χ0) is 12.1. The summed E-state index contributed by atoms with van der Waals surface area (Å²) in [6.07, 6.45) is 1.13. The van der Waals surface area contributed by atoms with Crippen molar-refractivity contribution < 1.29 is 0 Å². The van der Waals surface area contributed by atoms with E-state index in [4.69, 9.17) is 5.73 Å². The molecule has 3 N–H and O–H groups in total. The number of hydrogen-bond acceptors (Lipinski definition) is 2. The standard InChI is InChI=1S/C12H25N3/c1-7-9(2)8-14-11(10(3)13)15-12(4,5)6/h9H,3,7-8,13H2,1-2,4-6H3,(H,14,15). The van der Waals surface area contributed by atoms with Crippen molar-refractivity contribution >= 4 is 5.84 Å². The largest absolute Gasteiger partial charge is 0.396 e. The molecule has 88 valence electrons. The smallest absolute Gasteiger partial charge is 0.144 e. The van der Waals surface area contributed by atoms with Crippen LogP contribution in [0, 0.1) is 5.92 Å². The van der Waals surface area contributed by atoms with Crippen LogP contribution in [-0.2, 0) is 0 Å². The molecule has 0 amide bonds. The van der Waals surface area contributed by atoms with Crippen molar-refractivity contribution in [3.63, 3.8) is 0 Å². The van der Waals surface area contributed by atoms with Gasteiger partial charge in [-0.2, -0.15) is 0 Å². The van der Waals surface area contributed by atoms with Crippen molar-refractivity contribution in [1.29, 1.82) is 0 Å². The van der Waals surface area contributed by atoms with Crippen LogP contribution in [0.25, 0.3) is 0 Å². The van der Waals surface area contributed by atoms with Crippen LogP contribution in [0.2, 0.25) is 0 Å². The van der Waals surface area contributed by atoms with Crippen LogP contribution in [-0.4, -0.2) is 17.9 Å². The summed E-state index contributed by atoms with van der Waals surface area (Å²) < 4.78 is 0. The summed E-state index contributed by atoms with van der Waals surface area (Å²) >= 11 is 0.